The molecule has 0 fully saturated rings. The number of carbonyl (C=O) groups excluding carboxylic acids is 2. The summed E-state index contributed by atoms with van der Waals surface area (Å²) in [4.78, 5) is 22.6. The third-order valence-corrected chi connectivity index (χ3v) is 2.53. The van der Waals surface area contributed by atoms with Crippen LogP contribution < -0.4 is 11.1 Å². The highest BCUT2D eigenvalue weighted by molar-refractivity contribution is 5.91. The molecule has 0 aliphatic heterocycles. The number of carbonyl (C=O) groups is 2. The summed E-state index contributed by atoms with van der Waals surface area (Å²) in [5, 5.41) is 2.70. The monoisotopic (exact) mass is 276 g/mol. The number of anilines is 1. The molecule has 1 aromatic carbocycles. The third kappa shape index (κ3) is 6.58. The lowest BCUT2D eigenvalue weighted by Gasteiger charge is -2.02. The van der Waals surface area contributed by atoms with Gasteiger partial charge in [-0.15, -0.1) is 0 Å². The Morgan fingerprint density at radius 1 is 1.30 bits per heavy atom. The van der Waals surface area contributed by atoms with E-state index in [1.807, 2.05) is 12.1 Å². The maximum absolute atomic E-state index is 11.5. The highest BCUT2D eigenvalue weighted by Crippen LogP contribution is 2.06. The highest BCUT2D eigenvalue weighted by atomic mass is 16.5. The van der Waals surface area contributed by atoms with Crippen LogP contribution in [-0.4, -0.2) is 25.0 Å². The van der Waals surface area contributed by atoms with E-state index in [-0.39, 0.29) is 11.9 Å². The van der Waals surface area contributed by atoms with Gasteiger partial charge in [0.1, 0.15) is 0 Å². The van der Waals surface area contributed by atoms with E-state index in [4.69, 9.17) is 10.5 Å². The Morgan fingerprint density at radius 3 is 2.65 bits per heavy atom. The molecule has 20 heavy (non-hydrogen) atoms. The molecule has 0 aliphatic carbocycles. The van der Waals surface area contributed by atoms with E-state index in [1.165, 1.54) is 6.08 Å². The molecule has 0 saturated heterocycles. The molecular formula is C15H20N2O3. The Labute approximate surface area is 118 Å². The first-order chi connectivity index (χ1) is 9.61. The number of ether oxygens (including phenoxy) is 1. The van der Waals surface area contributed by atoms with E-state index in [1.54, 1.807) is 25.1 Å². The number of amides is 1. The van der Waals surface area contributed by atoms with Gasteiger partial charge in [0.25, 0.3) is 0 Å². The number of hydrogen-bond donors (Lipinski definition) is 2. The van der Waals surface area contributed by atoms with Crippen LogP contribution >= 0.6 is 0 Å². The first kappa shape index (κ1) is 15.8. The van der Waals surface area contributed by atoms with Gasteiger partial charge in [-0.05, 0) is 37.1 Å². The molecule has 0 unspecified atom stereocenters. The van der Waals surface area contributed by atoms with Gasteiger partial charge < -0.3 is 15.8 Å². The molecule has 0 aliphatic rings. The van der Waals surface area contributed by atoms with Gasteiger partial charge in [0.05, 0.1) is 6.61 Å². The van der Waals surface area contributed by atoms with Gasteiger partial charge in [-0.1, -0.05) is 12.1 Å². The lowest BCUT2D eigenvalue weighted by atomic mass is 10.2. The summed E-state index contributed by atoms with van der Waals surface area (Å²) in [6, 6.07) is 7.22. The van der Waals surface area contributed by atoms with Crippen molar-refractivity contribution < 1.29 is 14.3 Å². The van der Waals surface area contributed by atoms with Gasteiger partial charge in [-0.25, -0.2) is 0 Å². The predicted molar refractivity (Wildman–Crippen MR) is 78.8 cm³/mol. The van der Waals surface area contributed by atoms with Crippen LogP contribution in [0, 0.1) is 0 Å². The number of esters is 1. The van der Waals surface area contributed by atoms with Crippen molar-refractivity contribution in [1.82, 2.24) is 5.32 Å². The quantitative estimate of drug-likeness (QED) is 0.344. The van der Waals surface area contributed by atoms with Gasteiger partial charge in [0.2, 0.25) is 5.91 Å². The average Bonchev–Trinajstić information content (AvgIpc) is 2.43. The molecule has 0 spiro atoms. The second-order valence-corrected chi connectivity index (χ2v) is 4.20. The zero-order chi connectivity index (χ0) is 14.8. The largest absolute Gasteiger partial charge is 0.466 e. The molecule has 0 bridgehead atoms. The molecule has 5 heteroatoms. The molecule has 1 rings (SSSR count). The lowest BCUT2D eigenvalue weighted by molar-refractivity contribution is -0.143. The topological polar surface area (TPSA) is 81.4 Å². The van der Waals surface area contributed by atoms with Crippen LogP contribution in [0.3, 0.4) is 0 Å². The molecule has 0 atom stereocenters. The highest BCUT2D eigenvalue weighted by Gasteiger charge is 2.01. The maximum atomic E-state index is 11.5. The van der Waals surface area contributed by atoms with Crippen LogP contribution in [0.2, 0.25) is 0 Å². The second-order valence-electron chi connectivity index (χ2n) is 4.20. The summed E-state index contributed by atoms with van der Waals surface area (Å²) in [7, 11) is 0. The van der Waals surface area contributed by atoms with Gasteiger partial charge in [0, 0.05) is 24.7 Å². The van der Waals surface area contributed by atoms with Crippen molar-refractivity contribution in [2.24, 2.45) is 0 Å². The molecule has 1 amide bonds. The van der Waals surface area contributed by atoms with Crippen molar-refractivity contribution >= 4 is 23.6 Å². The molecule has 1 aromatic rings. The second kappa shape index (κ2) is 8.74. The van der Waals surface area contributed by atoms with Crippen LogP contribution in [0.15, 0.2) is 30.3 Å². The van der Waals surface area contributed by atoms with Crippen molar-refractivity contribution in [3.63, 3.8) is 0 Å². The summed E-state index contributed by atoms with van der Waals surface area (Å²) in [6.07, 6.45) is 4.05. The summed E-state index contributed by atoms with van der Waals surface area (Å²) in [6.45, 7) is 2.60. The molecule has 0 heterocycles. The van der Waals surface area contributed by atoms with Crippen molar-refractivity contribution in [2.45, 2.75) is 19.8 Å². The predicted octanol–water partition coefficient (Wildman–Crippen LogP) is 1.74. The Hall–Kier alpha value is -2.30. The molecule has 5 nitrogen and oxygen atoms in total. The minimum absolute atomic E-state index is 0.189. The first-order valence-electron chi connectivity index (χ1n) is 6.59. The SMILES string of the molecule is CCOC(=O)CCCNC(=O)/C=C/c1ccc(N)cc1. The van der Waals surface area contributed by atoms with E-state index in [0.717, 1.165) is 5.56 Å². The minimum atomic E-state index is -0.237. The molecule has 3 N–H and O–H groups in total. The lowest BCUT2D eigenvalue weighted by Crippen LogP contribution is -2.22. The minimum Gasteiger partial charge on any atom is -0.466 e. The number of rotatable bonds is 7. The van der Waals surface area contributed by atoms with E-state index in [0.29, 0.717) is 31.7 Å². The zero-order valence-electron chi connectivity index (χ0n) is 11.6. The summed E-state index contributed by atoms with van der Waals surface area (Å²) in [5.74, 6) is -0.426. The molecular weight excluding hydrogens is 256 g/mol. The van der Waals surface area contributed by atoms with Crippen LogP contribution in [-0.2, 0) is 14.3 Å². The normalized spacial score (nSPS) is 10.4. The number of nitrogen functional groups attached to an aromatic ring is 1. The van der Waals surface area contributed by atoms with Crippen LogP contribution in [0.4, 0.5) is 5.69 Å². The van der Waals surface area contributed by atoms with Gasteiger partial charge in [-0.2, -0.15) is 0 Å². The fourth-order valence-corrected chi connectivity index (χ4v) is 1.52. The fourth-order valence-electron chi connectivity index (χ4n) is 1.52. The van der Waals surface area contributed by atoms with Gasteiger partial charge in [-0.3, -0.25) is 9.59 Å². The van der Waals surface area contributed by atoms with Crippen molar-refractivity contribution in [1.29, 1.82) is 0 Å². The maximum Gasteiger partial charge on any atom is 0.305 e. The summed E-state index contributed by atoms with van der Waals surface area (Å²) < 4.78 is 4.79. The molecule has 0 saturated carbocycles. The molecule has 108 valence electrons. The van der Waals surface area contributed by atoms with Crippen LogP contribution in [0.1, 0.15) is 25.3 Å². The van der Waals surface area contributed by atoms with Crippen LogP contribution in [0.5, 0.6) is 0 Å². The standard InChI is InChI=1S/C15H20N2O3/c1-2-20-15(19)4-3-11-17-14(18)10-7-12-5-8-13(16)9-6-12/h5-10H,2-4,11,16H2,1H3,(H,17,18)/b10-7+. The summed E-state index contributed by atoms with van der Waals surface area (Å²) >= 11 is 0. The Balaban J connectivity index is 2.23. The van der Waals surface area contributed by atoms with Crippen molar-refractivity contribution in [3.05, 3.63) is 35.9 Å². The smallest absolute Gasteiger partial charge is 0.305 e. The van der Waals surface area contributed by atoms with E-state index in [2.05, 4.69) is 5.32 Å². The number of hydrogen-bond acceptors (Lipinski definition) is 4. The third-order valence-electron chi connectivity index (χ3n) is 2.53. The van der Waals surface area contributed by atoms with E-state index >= 15 is 0 Å². The summed E-state index contributed by atoms with van der Waals surface area (Å²) in [5.41, 5.74) is 7.16. The fraction of sp³-hybridized carbons (Fsp3) is 0.333. The Bertz CT molecular complexity index is 467. The number of benzene rings is 1. The van der Waals surface area contributed by atoms with Gasteiger partial charge >= 0.3 is 5.97 Å². The van der Waals surface area contributed by atoms with Crippen LogP contribution in [0.25, 0.3) is 6.08 Å². The van der Waals surface area contributed by atoms with E-state index < -0.39 is 0 Å². The van der Waals surface area contributed by atoms with Crippen molar-refractivity contribution in [2.75, 3.05) is 18.9 Å². The average molecular weight is 276 g/mol. The zero-order valence-corrected chi connectivity index (χ0v) is 11.6. The number of nitrogens with one attached hydrogen (secondary N) is 1. The number of nitrogens with two attached hydrogens (primary N) is 1. The Morgan fingerprint density at radius 2 is 2.00 bits per heavy atom. The first-order valence-corrected chi connectivity index (χ1v) is 6.59. The van der Waals surface area contributed by atoms with E-state index in [9.17, 15) is 9.59 Å². The Kier molecular flexibility index (Phi) is 6.89. The molecule has 0 aromatic heterocycles. The molecule has 0 radical (unpaired) electrons. The van der Waals surface area contributed by atoms with Crippen molar-refractivity contribution in [3.8, 4) is 0 Å². The van der Waals surface area contributed by atoms with Gasteiger partial charge in [0.15, 0.2) is 0 Å².